The number of hydrogen-bond acceptors (Lipinski definition) is 4. The molecule has 0 aliphatic carbocycles. The lowest BCUT2D eigenvalue weighted by Crippen LogP contribution is -2.45. The molecule has 0 aromatic carbocycles. The van der Waals surface area contributed by atoms with E-state index >= 15 is 0 Å². The van der Waals surface area contributed by atoms with Crippen LogP contribution < -0.4 is 5.32 Å². The third-order valence-electron chi connectivity index (χ3n) is 4.23. The Kier molecular flexibility index (Phi) is 8.11. The maximum Gasteiger partial charge on any atom is 0.236 e. The Morgan fingerprint density at radius 2 is 1.90 bits per heavy atom. The lowest BCUT2D eigenvalue weighted by Gasteiger charge is -2.35. The van der Waals surface area contributed by atoms with Gasteiger partial charge in [0.1, 0.15) is 0 Å². The molecule has 0 radical (unpaired) electrons. The second-order valence-electron chi connectivity index (χ2n) is 6.01. The molecule has 1 N–H and O–H groups in total. The fourth-order valence-electron chi connectivity index (χ4n) is 2.56. The molecule has 1 saturated heterocycles. The van der Waals surface area contributed by atoms with Crippen LogP contribution in [-0.2, 0) is 4.79 Å². The number of hydrogen-bond donors (Lipinski definition) is 1. The molecule has 5 nitrogen and oxygen atoms in total. The largest absolute Gasteiger partial charge is 0.343 e. The minimum atomic E-state index is 0.190. The van der Waals surface area contributed by atoms with Gasteiger partial charge in [-0.25, -0.2) is 0 Å². The van der Waals surface area contributed by atoms with Crippen molar-refractivity contribution >= 4 is 5.91 Å². The van der Waals surface area contributed by atoms with E-state index in [0.717, 1.165) is 26.1 Å². The summed E-state index contributed by atoms with van der Waals surface area (Å²) in [5.74, 6) is 0.190. The van der Waals surface area contributed by atoms with Crippen molar-refractivity contribution in [2.75, 3.05) is 60.4 Å². The molecule has 5 heteroatoms. The zero-order valence-electron chi connectivity index (χ0n) is 13.7. The lowest BCUT2D eigenvalue weighted by atomic mass is 10.0. The minimum Gasteiger partial charge on any atom is -0.343 e. The van der Waals surface area contributed by atoms with Gasteiger partial charge in [-0.15, -0.1) is 0 Å². The number of nitrogens with zero attached hydrogens (tertiary/aromatic N) is 3. The second kappa shape index (κ2) is 9.32. The van der Waals surface area contributed by atoms with Crippen LogP contribution in [0.1, 0.15) is 26.2 Å². The van der Waals surface area contributed by atoms with Gasteiger partial charge in [0, 0.05) is 26.2 Å². The van der Waals surface area contributed by atoms with Crippen LogP contribution in [0, 0.1) is 0 Å². The maximum atomic E-state index is 11.9. The van der Waals surface area contributed by atoms with Crippen molar-refractivity contribution in [1.82, 2.24) is 20.0 Å². The van der Waals surface area contributed by atoms with Crippen LogP contribution in [0.5, 0.6) is 0 Å². The highest BCUT2D eigenvalue weighted by atomic mass is 16.2. The van der Waals surface area contributed by atoms with Crippen LogP contribution in [0.25, 0.3) is 0 Å². The molecule has 118 valence electrons. The smallest absolute Gasteiger partial charge is 0.236 e. The molecule has 1 aliphatic heterocycles. The molecular formula is C15H32N4O. The Morgan fingerprint density at radius 1 is 1.25 bits per heavy atom. The topological polar surface area (TPSA) is 38.8 Å². The molecule has 0 unspecified atom stereocenters. The van der Waals surface area contributed by atoms with Gasteiger partial charge in [0.05, 0.1) is 6.54 Å². The highest BCUT2D eigenvalue weighted by molar-refractivity contribution is 5.77. The Bertz CT molecular complexity index is 277. The first-order chi connectivity index (χ1) is 9.54. The summed E-state index contributed by atoms with van der Waals surface area (Å²) in [6.45, 7) is 7.63. The van der Waals surface area contributed by atoms with E-state index in [4.69, 9.17) is 0 Å². The summed E-state index contributed by atoms with van der Waals surface area (Å²) in [4.78, 5) is 18.5. The number of carbonyl (C=O) groups excluding carboxylic acids is 1. The van der Waals surface area contributed by atoms with E-state index in [1.807, 2.05) is 11.9 Å². The quantitative estimate of drug-likeness (QED) is 0.658. The fourth-order valence-corrected chi connectivity index (χ4v) is 2.56. The van der Waals surface area contributed by atoms with Gasteiger partial charge in [0.15, 0.2) is 0 Å². The van der Waals surface area contributed by atoms with Crippen LogP contribution in [0.4, 0.5) is 0 Å². The van der Waals surface area contributed by atoms with E-state index in [9.17, 15) is 4.79 Å². The van der Waals surface area contributed by atoms with Crippen molar-refractivity contribution in [1.29, 1.82) is 0 Å². The van der Waals surface area contributed by atoms with E-state index in [-0.39, 0.29) is 5.91 Å². The molecule has 1 amide bonds. The highest BCUT2D eigenvalue weighted by Crippen LogP contribution is 2.13. The fraction of sp³-hybridized carbons (Fsp3) is 0.933. The summed E-state index contributed by atoms with van der Waals surface area (Å²) in [5, 5.41) is 3.16. The van der Waals surface area contributed by atoms with Crippen LogP contribution >= 0.6 is 0 Å². The van der Waals surface area contributed by atoms with Crippen LogP contribution in [-0.4, -0.2) is 87.1 Å². The maximum absolute atomic E-state index is 11.9. The highest BCUT2D eigenvalue weighted by Gasteiger charge is 2.20. The van der Waals surface area contributed by atoms with Gasteiger partial charge in [0.2, 0.25) is 5.91 Å². The number of likely N-dealkylation sites (tertiary alicyclic amines) is 1. The van der Waals surface area contributed by atoms with Gasteiger partial charge in [-0.2, -0.15) is 0 Å². The average molecular weight is 284 g/mol. The van der Waals surface area contributed by atoms with Crippen molar-refractivity contribution in [3.8, 4) is 0 Å². The molecule has 1 rings (SSSR count). The van der Waals surface area contributed by atoms with Crippen molar-refractivity contribution in [3.05, 3.63) is 0 Å². The number of nitrogens with one attached hydrogen (secondary N) is 1. The Morgan fingerprint density at radius 3 is 2.50 bits per heavy atom. The van der Waals surface area contributed by atoms with Gasteiger partial charge < -0.3 is 20.0 Å². The van der Waals surface area contributed by atoms with Gasteiger partial charge in [-0.3, -0.25) is 4.79 Å². The lowest BCUT2D eigenvalue weighted by molar-refractivity contribution is -0.129. The molecule has 1 aliphatic rings. The van der Waals surface area contributed by atoms with E-state index in [1.165, 1.54) is 25.9 Å². The summed E-state index contributed by atoms with van der Waals surface area (Å²) >= 11 is 0. The van der Waals surface area contributed by atoms with Crippen LogP contribution in [0.2, 0.25) is 0 Å². The summed E-state index contributed by atoms with van der Waals surface area (Å²) in [6, 6.07) is 0.674. The van der Waals surface area contributed by atoms with E-state index in [0.29, 0.717) is 12.6 Å². The molecule has 0 saturated carbocycles. The average Bonchev–Trinajstić information content (AvgIpc) is 2.45. The van der Waals surface area contributed by atoms with Crippen molar-refractivity contribution in [2.24, 2.45) is 0 Å². The minimum absolute atomic E-state index is 0.190. The molecule has 20 heavy (non-hydrogen) atoms. The molecule has 0 atom stereocenters. The summed E-state index contributed by atoms with van der Waals surface area (Å²) in [7, 11) is 6.27. The molecule has 0 aromatic rings. The van der Waals surface area contributed by atoms with Gasteiger partial charge in [0.25, 0.3) is 0 Å². The summed E-state index contributed by atoms with van der Waals surface area (Å²) < 4.78 is 0. The Balaban J connectivity index is 2.19. The van der Waals surface area contributed by atoms with E-state index < -0.39 is 0 Å². The zero-order chi connectivity index (χ0) is 15.0. The molecule has 1 heterocycles. The second-order valence-corrected chi connectivity index (χ2v) is 6.01. The predicted molar refractivity (Wildman–Crippen MR) is 83.9 cm³/mol. The zero-order valence-corrected chi connectivity index (χ0v) is 13.7. The number of likely N-dealkylation sites (N-methyl/N-ethyl adjacent to an activating group) is 2. The summed E-state index contributed by atoms with van der Waals surface area (Å²) in [6.07, 6.45) is 3.54. The number of rotatable bonds is 8. The standard InChI is InChI=1S/C15H32N4O/c1-5-8-16-13-15(20)19(4)12-11-18(3)14-6-9-17(2)10-7-14/h14,16H,5-13H2,1-4H3. The van der Waals surface area contributed by atoms with E-state index in [2.05, 4.69) is 36.1 Å². The molecule has 0 spiro atoms. The van der Waals surface area contributed by atoms with Gasteiger partial charge >= 0.3 is 0 Å². The first-order valence-electron chi connectivity index (χ1n) is 7.88. The third kappa shape index (κ3) is 6.20. The van der Waals surface area contributed by atoms with Gasteiger partial charge in [-0.05, 0) is 53.0 Å². The van der Waals surface area contributed by atoms with Crippen molar-refractivity contribution < 1.29 is 4.79 Å². The Labute approximate surface area is 124 Å². The van der Waals surface area contributed by atoms with Crippen molar-refractivity contribution in [3.63, 3.8) is 0 Å². The first-order valence-corrected chi connectivity index (χ1v) is 7.88. The summed E-state index contributed by atoms with van der Waals surface area (Å²) in [5.41, 5.74) is 0. The normalized spacial score (nSPS) is 17.6. The molecular weight excluding hydrogens is 252 g/mol. The molecule has 0 aromatic heterocycles. The SMILES string of the molecule is CCCNCC(=O)N(C)CCN(C)C1CCN(C)CC1. The number of piperidine rings is 1. The van der Waals surface area contributed by atoms with Crippen LogP contribution in [0.15, 0.2) is 0 Å². The molecule has 0 bridgehead atoms. The van der Waals surface area contributed by atoms with Gasteiger partial charge in [-0.1, -0.05) is 6.92 Å². The predicted octanol–water partition coefficient (Wildman–Crippen LogP) is 0.470. The number of amides is 1. The first kappa shape index (κ1) is 17.4. The molecule has 1 fully saturated rings. The monoisotopic (exact) mass is 284 g/mol. The van der Waals surface area contributed by atoms with E-state index in [1.54, 1.807) is 0 Å². The Hall–Kier alpha value is -0.650. The van der Waals surface area contributed by atoms with Crippen LogP contribution in [0.3, 0.4) is 0 Å². The number of carbonyl (C=O) groups is 1. The van der Waals surface area contributed by atoms with Crippen molar-refractivity contribution in [2.45, 2.75) is 32.2 Å². The third-order valence-corrected chi connectivity index (χ3v) is 4.23.